The fourth-order valence-corrected chi connectivity index (χ4v) is 1.11. The Balaban J connectivity index is 3.14. The van der Waals surface area contributed by atoms with Gasteiger partial charge in [0.1, 0.15) is 0 Å². The molecule has 1 rings (SSSR count). The first kappa shape index (κ1) is 9.44. The van der Waals surface area contributed by atoms with Gasteiger partial charge in [0.05, 0.1) is 5.69 Å². The van der Waals surface area contributed by atoms with Crippen LogP contribution in [0.25, 0.3) is 0 Å². The number of rotatable bonds is 1. The van der Waals surface area contributed by atoms with Crippen LogP contribution in [0.3, 0.4) is 0 Å². The Kier molecular flexibility index (Phi) is 2.66. The molecule has 0 aliphatic rings. The van der Waals surface area contributed by atoms with E-state index in [0.29, 0.717) is 0 Å². The summed E-state index contributed by atoms with van der Waals surface area (Å²) >= 11 is 2.90. The second-order valence-corrected chi connectivity index (χ2v) is 2.54. The Morgan fingerprint density at radius 3 is 2.25 bits per heavy atom. The molecule has 0 saturated heterocycles. The predicted molar refractivity (Wildman–Crippen MR) is 39.7 cm³/mol. The number of aromatic nitrogens is 2. The lowest BCUT2D eigenvalue weighted by molar-refractivity contribution is -0.142. The van der Waals surface area contributed by atoms with E-state index < -0.39 is 11.9 Å². The van der Waals surface area contributed by atoms with E-state index >= 15 is 0 Å². The molecule has 1 heterocycles. The molecule has 12 heavy (non-hydrogen) atoms. The van der Waals surface area contributed by atoms with Gasteiger partial charge in [0.15, 0.2) is 5.69 Å². The summed E-state index contributed by atoms with van der Waals surface area (Å²) in [4.78, 5) is 6.74. The first-order valence-corrected chi connectivity index (χ1v) is 4.11. The van der Waals surface area contributed by atoms with E-state index in [1.54, 1.807) is 0 Å². The monoisotopic (exact) mass is 240 g/mol. The molecule has 0 aromatic carbocycles. The predicted octanol–water partition coefficient (Wildman–Crippen LogP) is 2.39. The molecule has 0 aliphatic carbocycles. The fraction of sp³-hybridized carbons (Fsp3) is 0.333. The largest absolute Gasteiger partial charge is 0.435 e. The van der Waals surface area contributed by atoms with Crippen LogP contribution >= 0.6 is 15.9 Å². The van der Waals surface area contributed by atoms with Crippen molar-refractivity contribution in [1.82, 2.24) is 9.97 Å². The Bertz CT molecular complexity index is 274. The third-order valence-electron chi connectivity index (χ3n) is 1.17. The summed E-state index contributed by atoms with van der Waals surface area (Å²) < 4.78 is 36.3. The summed E-state index contributed by atoms with van der Waals surface area (Å²) in [7, 11) is 0. The van der Waals surface area contributed by atoms with Gasteiger partial charge in [0, 0.05) is 17.7 Å². The number of nitrogens with zero attached hydrogens (tertiary/aromatic N) is 2. The summed E-state index contributed by atoms with van der Waals surface area (Å²) in [5.41, 5.74) is -1.02. The molecule has 0 fully saturated rings. The molecule has 1 aromatic rings. The van der Waals surface area contributed by atoms with E-state index in [2.05, 4.69) is 25.9 Å². The van der Waals surface area contributed by atoms with Crippen LogP contribution in [0, 0.1) is 0 Å². The first-order valence-electron chi connectivity index (χ1n) is 2.98. The van der Waals surface area contributed by atoms with Crippen LogP contribution in [0.5, 0.6) is 0 Å². The second-order valence-electron chi connectivity index (χ2n) is 1.98. The van der Waals surface area contributed by atoms with Gasteiger partial charge in [-0.2, -0.15) is 13.2 Å². The lowest BCUT2D eigenvalue weighted by atomic mass is 10.3. The highest BCUT2D eigenvalue weighted by Crippen LogP contribution is 2.29. The molecule has 6 heteroatoms. The van der Waals surface area contributed by atoms with E-state index in [4.69, 9.17) is 0 Å². The normalized spacial score (nSPS) is 11.7. The van der Waals surface area contributed by atoms with Gasteiger partial charge < -0.3 is 0 Å². The molecule has 0 N–H and O–H groups in total. The average Bonchev–Trinajstić information content (AvgIpc) is 2.03. The molecular formula is C6H4BrF3N2. The van der Waals surface area contributed by atoms with Gasteiger partial charge >= 0.3 is 6.18 Å². The van der Waals surface area contributed by atoms with Crippen LogP contribution < -0.4 is 0 Å². The molecule has 0 saturated carbocycles. The summed E-state index contributed by atoms with van der Waals surface area (Å²) in [6.45, 7) is 0. The smallest absolute Gasteiger partial charge is 0.257 e. The average molecular weight is 241 g/mol. The highest BCUT2D eigenvalue weighted by molar-refractivity contribution is 9.08. The van der Waals surface area contributed by atoms with E-state index in [1.165, 1.54) is 6.20 Å². The zero-order valence-electron chi connectivity index (χ0n) is 5.77. The Labute approximate surface area is 75.0 Å². The lowest BCUT2D eigenvalue weighted by Crippen LogP contribution is -2.12. The van der Waals surface area contributed by atoms with Crippen molar-refractivity contribution in [2.24, 2.45) is 0 Å². The summed E-state index contributed by atoms with van der Waals surface area (Å²) in [6.07, 6.45) is -2.17. The van der Waals surface area contributed by atoms with E-state index in [0.717, 1.165) is 6.20 Å². The van der Waals surface area contributed by atoms with Gasteiger partial charge in [0.2, 0.25) is 0 Å². The highest BCUT2D eigenvalue weighted by Gasteiger charge is 2.35. The van der Waals surface area contributed by atoms with Gasteiger partial charge in [-0.25, -0.2) is 4.98 Å². The molecule has 0 atom stereocenters. The maximum atomic E-state index is 12.1. The molecule has 0 spiro atoms. The van der Waals surface area contributed by atoms with E-state index in [-0.39, 0.29) is 11.0 Å². The van der Waals surface area contributed by atoms with Crippen LogP contribution in [-0.4, -0.2) is 9.97 Å². The topological polar surface area (TPSA) is 25.8 Å². The minimum absolute atomic E-state index is 0.0513. The van der Waals surface area contributed by atoms with Gasteiger partial charge in [-0.1, -0.05) is 15.9 Å². The van der Waals surface area contributed by atoms with Crippen molar-refractivity contribution in [2.45, 2.75) is 11.5 Å². The molecule has 2 nitrogen and oxygen atoms in total. The Morgan fingerprint density at radius 2 is 1.83 bits per heavy atom. The zero-order chi connectivity index (χ0) is 9.19. The molecule has 66 valence electrons. The maximum absolute atomic E-state index is 12.1. The van der Waals surface area contributed by atoms with Crippen molar-refractivity contribution >= 4 is 15.9 Å². The van der Waals surface area contributed by atoms with E-state index in [9.17, 15) is 13.2 Å². The minimum atomic E-state index is -4.42. The number of alkyl halides is 4. The number of hydrogen-bond donors (Lipinski definition) is 0. The van der Waals surface area contributed by atoms with Gasteiger partial charge in [-0.15, -0.1) is 0 Å². The van der Waals surface area contributed by atoms with Crippen molar-refractivity contribution in [3.05, 3.63) is 23.8 Å². The van der Waals surface area contributed by atoms with Crippen LogP contribution in [0.15, 0.2) is 12.4 Å². The van der Waals surface area contributed by atoms with Gasteiger partial charge in [0.25, 0.3) is 0 Å². The summed E-state index contributed by atoms with van der Waals surface area (Å²) in [5.74, 6) is 0. The van der Waals surface area contributed by atoms with Crippen molar-refractivity contribution in [3.8, 4) is 0 Å². The molecule has 0 amide bonds. The molecule has 0 aliphatic heterocycles. The fourth-order valence-electron chi connectivity index (χ4n) is 0.701. The third kappa shape index (κ3) is 1.94. The first-order chi connectivity index (χ1) is 5.55. The van der Waals surface area contributed by atoms with Crippen LogP contribution in [0.2, 0.25) is 0 Å². The summed E-state index contributed by atoms with van der Waals surface area (Å²) in [6, 6.07) is 0. The van der Waals surface area contributed by atoms with E-state index in [1.807, 2.05) is 0 Å². The second kappa shape index (κ2) is 3.38. The van der Waals surface area contributed by atoms with Crippen molar-refractivity contribution < 1.29 is 13.2 Å². The minimum Gasteiger partial charge on any atom is -0.257 e. The standard InChI is InChI=1S/C6H4BrF3N2/c7-3-4-5(6(8,9)10)12-2-1-11-4/h1-2H,3H2. The van der Waals surface area contributed by atoms with Crippen molar-refractivity contribution in [3.63, 3.8) is 0 Å². The quantitative estimate of drug-likeness (QED) is 0.705. The van der Waals surface area contributed by atoms with Crippen molar-refractivity contribution in [1.29, 1.82) is 0 Å². The zero-order valence-corrected chi connectivity index (χ0v) is 7.35. The van der Waals surface area contributed by atoms with Gasteiger partial charge in [-0.05, 0) is 0 Å². The molecule has 1 aromatic heterocycles. The Hall–Kier alpha value is -0.650. The molecule has 0 unspecified atom stereocenters. The number of hydrogen-bond acceptors (Lipinski definition) is 2. The molecule has 0 bridgehead atoms. The maximum Gasteiger partial charge on any atom is 0.435 e. The Morgan fingerprint density at radius 1 is 1.25 bits per heavy atom. The summed E-state index contributed by atoms with van der Waals surface area (Å²) in [5, 5.41) is 0.0513. The lowest BCUT2D eigenvalue weighted by Gasteiger charge is -2.07. The third-order valence-corrected chi connectivity index (χ3v) is 1.70. The SMILES string of the molecule is FC(F)(F)c1nccnc1CBr. The molecular weight excluding hydrogens is 237 g/mol. The van der Waals surface area contributed by atoms with Gasteiger partial charge in [-0.3, -0.25) is 4.98 Å². The van der Waals surface area contributed by atoms with Crippen LogP contribution in [-0.2, 0) is 11.5 Å². The molecule has 0 radical (unpaired) electrons. The van der Waals surface area contributed by atoms with Crippen molar-refractivity contribution in [2.75, 3.05) is 0 Å². The number of halogens is 4. The van der Waals surface area contributed by atoms with Crippen LogP contribution in [0.1, 0.15) is 11.4 Å². The van der Waals surface area contributed by atoms with Crippen LogP contribution in [0.4, 0.5) is 13.2 Å². The highest BCUT2D eigenvalue weighted by atomic mass is 79.9.